The van der Waals surface area contributed by atoms with E-state index in [0.717, 1.165) is 49.2 Å². The number of anilines is 2. The van der Waals surface area contributed by atoms with Crippen molar-refractivity contribution in [2.24, 2.45) is 0 Å². The van der Waals surface area contributed by atoms with Crippen LogP contribution in [-0.2, 0) is 0 Å². The summed E-state index contributed by atoms with van der Waals surface area (Å²) in [6.07, 6.45) is 1.15. The standard InChI is InChI=1S/C16H17N3O/c20-16-12-4-1-3-11-14(6-5-13(18-16)15(11)12)19-9-2-7-17-8-10-19/h1,3-6,17H,2,7-10H2,(H,18,20). The minimum Gasteiger partial charge on any atom is -0.370 e. The summed E-state index contributed by atoms with van der Waals surface area (Å²) in [7, 11) is 0. The fraction of sp³-hybridized carbons (Fsp3) is 0.312. The molecule has 0 saturated carbocycles. The van der Waals surface area contributed by atoms with Gasteiger partial charge < -0.3 is 15.5 Å². The molecule has 4 heteroatoms. The van der Waals surface area contributed by atoms with Crippen LogP contribution in [0.15, 0.2) is 30.3 Å². The van der Waals surface area contributed by atoms with Gasteiger partial charge in [0.15, 0.2) is 0 Å². The van der Waals surface area contributed by atoms with Crippen molar-refractivity contribution in [1.82, 2.24) is 5.32 Å². The van der Waals surface area contributed by atoms with Crippen LogP contribution in [0.4, 0.5) is 11.4 Å². The summed E-state index contributed by atoms with van der Waals surface area (Å²) in [5.74, 6) is 0.0142. The van der Waals surface area contributed by atoms with E-state index < -0.39 is 0 Å². The summed E-state index contributed by atoms with van der Waals surface area (Å²) in [6, 6.07) is 10.2. The Balaban J connectivity index is 1.89. The molecule has 0 aromatic heterocycles. The zero-order chi connectivity index (χ0) is 13.5. The molecule has 102 valence electrons. The van der Waals surface area contributed by atoms with E-state index in [2.05, 4.69) is 27.7 Å². The molecule has 2 aliphatic rings. The second-order valence-electron chi connectivity index (χ2n) is 5.41. The third-order valence-electron chi connectivity index (χ3n) is 4.19. The van der Waals surface area contributed by atoms with Gasteiger partial charge in [0.2, 0.25) is 0 Å². The quantitative estimate of drug-likeness (QED) is 0.832. The van der Waals surface area contributed by atoms with Crippen LogP contribution in [0, 0.1) is 0 Å². The lowest BCUT2D eigenvalue weighted by atomic mass is 10.0. The number of nitrogens with zero attached hydrogens (tertiary/aromatic N) is 1. The van der Waals surface area contributed by atoms with Crippen molar-refractivity contribution >= 4 is 28.1 Å². The van der Waals surface area contributed by atoms with Crippen molar-refractivity contribution < 1.29 is 4.79 Å². The predicted octanol–water partition coefficient (Wildman–Crippen LogP) is 2.21. The molecule has 2 aromatic rings. The maximum absolute atomic E-state index is 12.0. The summed E-state index contributed by atoms with van der Waals surface area (Å²) >= 11 is 0. The van der Waals surface area contributed by atoms with Crippen LogP contribution in [0.1, 0.15) is 16.8 Å². The Morgan fingerprint density at radius 1 is 1.05 bits per heavy atom. The summed E-state index contributed by atoms with van der Waals surface area (Å²) in [5.41, 5.74) is 2.98. The molecule has 0 spiro atoms. The molecule has 0 unspecified atom stereocenters. The van der Waals surface area contributed by atoms with Gasteiger partial charge in [-0.2, -0.15) is 0 Å². The third-order valence-corrected chi connectivity index (χ3v) is 4.19. The Kier molecular flexibility index (Phi) is 2.63. The SMILES string of the molecule is O=C1Nc2ccc(N3CCCNCC3)c3cccc1c23. The maximum Gasteiger partial charge on any atom is 0.256 e. The molecule has 0 bridgehead atoms. The third kappa shape index (κ3) is 1.68. The number of rotatable bonds is 1. The Morgan fingerprint density at radius 2 is 2.00 bits per heavy atom. The zero-order valence-corrected chi connectivity index (χ0v) is 11.3. The molecular formula is C16H17N3O. The van der Waals surface area contributed by atoms with Crippen LogP contribution >= 0.6 is 0 Å². The Morgan fingerprint density at radius 3 is 2.95 bits per heavy atom. The largest absolute Gasteiger partial charge is 0.370 e. The molecule has 2 aromatic carbocycles. The van der Waals surface area contributed by atoms with E-state index in [-0.39, 0.29) is 5.91 Å². The summed E-state index contributed by atoms with van der Waals surface area (Å²) in [6.45, 7) is 4.17. The minimum atomic E-state index is 0.0142. The molecule has 1 fully saturated rings. The molecule has 1 saturated heterocycles. The summed E-state index contributed by atoms with van der Waals surface area (Å²) < 4.78 is 0. The topological polar surface area (TPSA) is 44.4 Å². The second-order valence-corrected chi connectivity index (χ2v) is 5.41. The highest BCUT2D eigenvalue weighted by Crippen LogP contribution is 2.38. The highest BCUT2D eigenvalue weighted by Gasteiger charge is 2.23. The van der Waals surface area contributed by atoms with Gasteiger partial charge >= 0.3 is 0 Å². The first-order valence-electron chi connectivity index (χ1n) is 7.17. The zero-order valence-electron chi connectivity index (χ0n) is 11.3. The van der Waals surface area contributed by atoms with E-state index in [0.29, 0.717) is 0 Å². The Hall–Kier alpha value is -2.07. The van der Waals surface area contributed by atoms with E-state index in [1.54, 1.807) is 0 Å². The number of nitrogens with one attached hydrogen (secondary N) is 2. The number of hydrogen-bond donors (Lipinski definition) is 2. The number of carbonyl (C=O) groups is 1. The van der Waals surface area contributed by atoms with Crippen LogP contribution in [0.2, 0.25) is 0 Å². The van der Waals surface area contributed by atoms with Crippen molar-refractivity contribution in [3.63, 3.8) is 0 Å². The molecule has 2 N–H and O–H groups in total. The van der Waals surface area contributed by atoms with Crippen molar-refractivity contribution in [1.29, 1.82) is 0 Å². The van der Waals surface area contributed by atoms with Gasteiger partial charge in [-0.3, -0.25) is 4.79 Å². The van der Waals surface area contributed by atoms with E-state index in [4.69, 9.17) is 0 Å². The van der Waals surface area contributed by atoms with Gasteiger partial charge in [-0.25, -0.2) is 0 Å². The summed E-state index contributed by atoms with van der Waals surface area (Å²) in [4.78, 5) is 14.4. The van der Waals surface area contributed by atoms with Gasteiger partial charge in [-0.1, -0.05) is 12.1 Å². The molecule has 1 amide bonds. The molecule has 20 heavy (non-hydrogen) atoms. The van der Waals surface area contributed by atoms with Crippen LogP contribution in [0.25, 0.3) is 10.8 Å². The molecule has 2 heterocycles. The predicted molar refractivity (Wildman–Crippen MR) is 81.6 cm³/mol. The first-order valence-corrected chi connectivity index (χ1v) is 7.17. The number of hydrogen-bond acceptors (Lipinski definition) is 3. The van der Waals surface area contributed by atoms with Crippen LogP contribution < -0.4 is 15.5 Å². The molecular weight excluding hydrogens is 250 g/mol. The number of amides is 1. The van der Waals surface area contributed by atoms with Crippen molar-refractivity contribution in [2.45, 2.75) is 6.42 Å². The normalized spacial score (nSPS) is 18.2. The van der Waals surface area contributed by atoms with Crippen molar-refractivity contribution in [3.05, 3.63) is 35.9 Å². The lowest BCUT2D eigenvalue weighted by Crippen LogP contribution is -2.27. The minimum absolute atomic E-state index is 0.0142. The molecule has 4 nitrogen and oxygen atoms in total. The molecule has 4 rings (SSSR count). The monoisotopic (exact) mass is 267 g/mol. The van der Waals surface area contributed by atoms with Gasteiger partial charge in [0.05, 0.1) is 0 Å². The van der Waals surface area contributed by atoms with Gasteiger partial charge in [0.1, 0.15) is 0 Å². The van der Waals surface area contributed by atoms with Gasteiger partial charge in [0.25, 0.3) is 5.91 Å². The first-order chi connectivity index (χ1) is 9.84. The van der Waals surface area contributed by atoms with E-state index in [1.165, 1.54) is 11.1 Å². The highest BCUT2D eigenvalue weighted by atomic mass is 16.1. The fourth-order valence-electron chi connectivity index (χ4n) is 3.24. The van der Waals surface area contributed by atoms with Gasteiger partial charge in [0, 0.05) is 47.3 Å². The molecule has 2 aliphatic heterocycles. The van der Waals surface area contributed by atoms with E-state index >= 15 is 0 Å². The van der Waals surface area contributed by atoms with E-state index in [1.807, 2.05) is 18.2 Å². The highest BCUT2D eigenvalue weighted by molar-refractivity contribution is 6.25. The first kappa shape index (κ1) is 11.7. The lowest BCUT2D eigenvalue weighted by Gasteiger charge is -2.24. The Labute approximate surface area is 117 Å². The smallest absolute Gasteiger partial charge is 0.256 e. The van der Waals surface area contributed by atoms with Crippen LogP contribution in [-0.4, -0.2) is 32.1 Å². The average Bonchev–Trinajstić information content (AvgIpc) is 2.68. The average molecular weight is 267 g/mol. The van der Waals surface area contributed by atoms with Gasteiger partial charge in [-0.05, 0) is 31.2 Å². The van der Waals surface area contributed by atoms with Crippen molar-refractivity contribution in [3.8, 4) is 0 Å². The van der Waals surface area contributed by atoms with Crippen LogP contribution in [0.3, 0.4) is 0 Å². The van der Waals surface area contributed by atoms with Crippen molar-refractivity contribution in [2.75, 3.05) is 36.4 Å². The van der Waals surface area contributed by atoms with E-state index in [9.17, 15) is 4.79 Å². The molecule has 0 atom stereocenters. The van der Waals surface area contributed by atoms with Crippen LogP contribution in [0.5, 0.6) is 0 Å². The Bertz CT molecular complexity index is 687. The molecule has 0 radical (unpaired) electrons. The second kappa shape index (κ2) is 4.49. The van der Waals surface area contributed by atoms with Gasteiger partial charge in [-0.15, -0.1) is 0 Å². The molecule has 0 aliphatic carbocycles. The fourth-order valence-corrected chi connectivity index (χ4v) is 3.24. The number of benzene rings is 2. The number of carbonyl (C=O) groups excluding carboxylic acids is 1. The maximum atomic E-state index is 12.0. The lowest BCUT2D eigenvalue weighted by molar-refractivity contribution is 0.103. The summed E-state index contributed by atoms with van der Waals surface area (Å²) in [5, 5.41) is 8.63.